The molecule has 0 saturated heterocycles. The summed E-state index contributed by atoms with van der Waals surface area (Å²) in [5, 5.41) is 17.8. The van der Waals surface area contributed by atoms with Crippen LogP contribution in [0, 0.1) is 0 Å². The number of aliphatic hydroxyl groups excluding tert-OH is 1. The molecule has 0 saturated carbocycles. The SMILES string of the molecule is CC.CC.CC.CC.CC.CC.CC(=O)c1c(-c2ccccc2)nn2ccccc12.O=C(C=CO)c1c(-c2ccccc2)nn2ccccc12. The molecule has 0 amide bonds. The maximum atomic E-state index is 12.2. The lowest BCUT2D eigenvalue weighted by molar-refractivity contribution is 0.101. The minimum Gasteiger partial charge on any atom is -0.515 e. The summed E-state index contributed by atoms with van der Waals surface area (Å²) in [6.45, 7) is 25.6. The van der Waals surface area contributed by atoms with E-state index in [1.165, 1.54) is 0 Å². The molecule has 4 aromatic heterocycles. The van der Waals surface area contributed by atoms with Crippen molar-refractivity contribution >= 4 is 22.6 Å². The van der Waals surface area contributed by atoms with Crippen LogP contribution in [-0.4, -0.2) is 35.9 Å². The zero-order valence-electron chi connectivity index (χ0n) is 32.6. The van der Waals surface area contributed by atoms with Crippen LogP contribution in [0.3, 0.4) is 0 Å². The van der Waals surface area contributed by atoms with Gasteiger partial charge in [0.15, 0.2) is 11.6 Å². The molecule has 6 aromatic rings. The van der Waals surface area contributed by atoms with Crippen molar-refractivity contribution in [3.05, 3.63) is 133 Å². The first-order chi connectivity index (χ1) is 24.6. The molecule has 4 heterocycles. The number of pyridine rings is 2. The lowest BCUT2D eigenvalue weighted by atomic mass is 10.0. The number of carbonyl (C=O) groups excluding carboxylic acids is 2. The molecule has 0 radical (unpaired) electrons. The van der Waals surface area contributed by atoms with E-state index in [0.717, 1.165) is 40.2 Å². The highest BCUT2D eigenvalue weighted by atomic mass is 16.2. The average Bonchev–Trinajstić information content (AvgIpc) is 3.81. The van der Waals surface area contributed by atoms with Crippen molar-refractivity contribution in [2.45, 2.75) is 90.0 Å². The Morgan fingerprint density at radius 3 is 1.22 bits per heavy atom. The van der Waals surface area contributed by atoms with Gasteiger partial charge in [-0.2, -0.15) is 10.2 Å². The van der Waals surface area contributed by atoms with E-state index in [4.69, 9.17) is 5.11 Å². The second kappa shape index (κ2) is 28.7. The predicted octanol–water partition coefficient (Wildman–Crippen LogP) is 12.6. The lowest BCUT2D eigenvalue weighted by Gasteiger charge is -1.99. The van der Waals surface area contributed by atoms with Gasteiger partial charge in [0.05, 0.1) is 28.4 Å². The largest absolute Gasteiger partial charge is 0.515 e. The molecule has 0 unspecified atom stereocenters. The van der Waals surface area contributed by atoms with Crippen LogP contribution in [0.1, 0.15) is 111 Å². The van der Waals surface area contributed by atoms with Crippen LogP contribution in [0.25, 0.3) is 33.5 Å². The Labute approximate surface area is 301 Å². The third-order valence-corrected chi connectivity index (χ3v) is 6.00. The molecule has 1 N–H and O–H groups in total. The molecular formula is C43H60N4O3. The third-order valence-electron chi connectivity index (χ3n) is 6.00. The van der Waals surface area contributed by atoms with Gasteiger partial charge in [0.25, 0.3) is 0 Å². The van der Waals surface area contributed by atoms with Crippen LogP contribution in [0.5, 0.6) is 0 Å². The Morgan fingerprint density at radius 2 is 0.860 bits per heavy atom. The molecule has 0 aliphatic carbocycles. The number of ketones is 2. The Hall–Kier alpha value is -5.30. The van der Waals surface area contributed by atoms with Crippen molar-refractivity contribution < 1.29 is 14.7 Å². The average molecular weight is 681 g/mol. The molecule has 2 aromatic carbocycles. The Bertz CT molecular complexity index is 1770. The molecule has 50 heavy (non-hydrogen) atoms. The number of allylic oxidation sites excluding steroid dienone is 1. The normalized spacial score (nSPS) is 9.06. The van der Waals surface area contributed by atoms with Crippen molar-refractivity contribution in [2.75, 3.05) is 0 Å². The second-order valence-electron chi connectivity index (χ2n) is 8.48. The van der Waals surface area contributed by atoms with Crippen LogP contribution in [0.15, 0.2) is 122 Å². The Balaban J connectivity index is 0. The van der Waals surface area contributed by atoms with Crippen molar-refractivity contribution in [3.8, 4) is 22.5 Å². The molecule has 0 fully saturated rings. The van der Waals surface area contributed by atoms with Crippen molar-refractivity contribution in [1.82, 2.24) is 19.2 Å². The van der Waals surface area contributed by atoms with E-state index >= 15 is 0 Å². The van der Waals surface area contributed by atoms with Crippen molar-refractivity contribution in [2.24, 2.45) is 0 Å². The Kier molecular flexibility index (Phi) is 26.9. The zero-order chi connectivity index (χ0) is 38.5. The van der Waals surface area contributed by atoms with Crippen LogP contribution in [-0.2, 0) is 0 Å². The smallest absolute Gasteiger partial charge is 0.193 e. The summed E-state index contributed by atoms with van der Waals surface area (Å²) >= 11 is 0. The number of aromatic nitrogens is 4. The van der Waals surface area contributed by atoms with E-state index in [2.05, 4.69) is 10.2 Å². The highest BCUT2D eigenvalue weighted by molar-refractivity contribution is 6.13. The monoisotopic (exact) mass is 680 g/mol. The van der Waals surface area contributed by atoms with Gasteiger partial charge in [0.2, 0.25) is 0 Å². The topological polar surface area (TPSA) is 89.0 Å². The number of rotatable bonds is 5. The first-order valence-electron chi connectivity index (χ1n) is 18.0. The summed E-state index contributed by atoms with van der Waals surface area (Å²) in [6, 6.07) is 30.6. The summed E-state index contributed by atoms with van der Waals surface area (Å²) in [7, 11) is 0. The van der Waals surface area contributed by atoms with Gasteiger partial charge in [0.1, 0.15) is 11.4 Å². The summed E-state index contributed by atoms with van der Waals surface area (Å²) in [6.07, 6.45) is 5.54. The summed E-state index contributed by atoms with van der Waals surface area (Å²) in [5.41, 5.74) is 5.92. The number of hydrogen-bond acceptors (Lipinski definition) is 5. The van der Waals surface area contributed by atoms with E-state index in [1.54, 1.807) is 22.2 Å². The highest BCUT2D eigenvalue weighted by Crippen LogP contribution is 2.27. The van der Waals surface area contributed by atoms with Crippen LogP contribution >= 0.6 is 0 Å². The molecule has 7 heteroatoms. The lowest BCUT2D eigenvalue weighted by Crippen LogP contribution is -1.96. The summed E-state index contributed by atoms with van der Waals surface area (Å²) < 4.78 is 3.42. The predicted molar refractivity (Wildman–Crippen MR) is 215 cm³/mol. The van der Waals surface area contributed by atoms with Gasteiger partial charge in [-0.15, -0.1) is 0 Å². The zero-order valence-corrected chi connectivity index (χ0v) is 32.6. The Morgan fingerprint density at radius 1 is 0.520 bits per heavy atom. The van der Waals surface area contributed by atoms with E-state index < -0.39 is 0 Å². The number of aliphatic hydroxyl groups is 1. The molecule has 0 spiro atoms. The number of nitrogens with zero attached hydrogens (tertiary/aromatic N) is 4. The number of Topliss-reactive ketones (excluding diaryl/α,β-unsaturated/α-hetero) is 1. The number of carbonyl (C=O) groups is 2. The standard InChI is InChI=1S/C16H12N2O2.C15H12N2O.6C2H6/c19-11-9-14(20)15-13-8-4-5-10-18(13)17-16(15)12-6-2-1-3-7-12;1-11(18)14-13-9-5-6-10-17(13)16-15(14)12-7-3-2-4-8-12;6*1-2/h1-11,19H;2-10H,1H3;6*1-2H3. The van der Waals surface area contributed by atoms with Crippen LogP contribution in [0.4, 0.5) is 0 Å². The van der Waals surface area contributed by atoms with Crippen LogP contribution in [0.2, 0.25) is 0 Å². The van der Waals surface area contributed by atoms with Gasteiger partial charge in [-0.25, -0.2) is 9.03 Å². The molecule has 0 aliphatic heterocycles. The molecule has 0 aliphatic rings. The maximum Gasteiger partial charge on any atom is 0.193 e. The van der Waals surface area contributed by atoms with Gasteiger partial charge in [-0.3, -0.25) is 9.59 Å². The van der Waals surface area contributed by atoms with E-state index in [0.29, 0.717) is 16.8 Å². The fraction of sp³-hybridized carbons (Fsp3) is 0.302. The fourth-order valence-corrected chi connectivity index (χ4v) is 4.33. The number of hydrogen-bond donors (Lipinski definition) is 1. The quantitative estimate of drug-likeness (QED) is 0.111. The van der Waals surface area contributed by atoms with Gasteiger partial charge in [-0.05, 0) is 31.2 Å². The molecule has 6 rings (SSSR count). The molecular weight excluding hydrogens is 620 g/mol. The van der Waals surface area contributed by atoms with Gasteiger partial charge >= 0.3 is 0 Å². The second-order valence-corrected chi connectivity index (χ2v) is 8.48. The van der Waals surface area contributed by atoms with E-state index in [1.807, 2.05) is 186 Å². The first kappa shape index (κ1) is 46.8. The van der Waals surface area contributed by atoms with E-state index in [9.17, 15) is 9.59 Å². The van der Waals surface area contributed by atoms with Gasteiger partial charge in [-0.1, -0.05) is 156 Å². The van der Waals surface area contributed by atoms with E-state index in [-0.39, 0.29) is 11.6 Å². The van der Waals surface area contributed by atoms with Gasteiger partial charge < -0.3 is 5.11 Å². The van der Waals surface area contributed by atoms with Crippen molar-refractivity contribution in [3.63, 3.8) is 0 Å². The maximum absolute atomic E-state index is 12.2. The first-order valence-corrected chi connectivity index (χ1v) is 18.0. The van der Waals surface area contributed by atoms with Crippen molar-refractivity contribution in [1.29, 1.82) is 0 Å². The highest BCUT2D eigenvalue weighted by Gasteiger charge is 2.19. The summed E-state index contributed by atoms with van der Waals surface area (Å²) in [5.74, 6) is -0.234. The molecule has 7 nitrogen and oxygen atoms in total. The number of fused-ring (bicyclic) bond motifs is 2. The van der Waals surface area contributed by atoms with Gasteiger partial charge in [0, 0.05) is 29.6 Å². The molecule has 0 atom stereocenters. The molecule has 270 valence electrons. The summed E-state index contributed by atoms with van der Waals surface area (Å²) in [4.78, 5) is 24.1. The fourth-order valence-electron chi connectivity index (χ4n) is 4.33. The third kappa shape index (κ3) is 13.0. The van der Waals surface area contributed by atoms with Crippen LogP contribution < -0.4 is 0 Å². The number of benzene rings is 2. The molecule has 0 bridgehead atoms. The minimum absolute atomic E-state index is 0.0371. The minimum atomic E-state index is -0.271.